The molecular weight excluding hydrogens is 188 g/mol. The van der Waals surface area contributed by atoms with Crippen LogP contribution in [0.2, 0.25) is 0 Å². The molecule has 1 atom stereocenters. The lowest BCUT2D eigenvalue weighted by molar-refractivity contribution is 0.414. The number of hydrogen-bond donors (Lipinski definition) is 2. The molecule has 0 aliphatic heterocycles. The van der Waals surface area contributed by atoms with Crippen LogP contribution in [0.15, 0.2) is 24.3 Å². The summed E-state index contributed by atoms with van der Waals surface area (Å²) in [5, 5.41) is 3.42. The van der Waals surface area contributed by atoms with Crippen LogP contribution in [-0.4, -0.2) is 19.7 Å². The Hall–Kier alpha value is -1.06. The second-order valence-corrected chi connectivity index (χ2v) is 3.71. The van der Waals surface area contributed by atoms with Gasteiger partial charge in [0.25, 0.3) is 0 Å². The van der Waals surface area contributed by atoms with E-state index in [0.717, 1.165) is 25.3 Å². The summed E-state index contributed by atoms with van der Waals surface area (Å²) < 4.78 is 5.10. The van der Waals surface area contributed by atoms with E-state index in [0.29, 0.717) is 6.04 Å². The lowest BCUT2D eigenvalue weighted by Crippen LogP contribution is -2.27. The fourth-order valence-electron chi connectivity index (χ4n) is 1.39. The number of methoxy groups -OCH3 is 1. The van der Waals surface area contributed by atoms with Gasteiger partial charge in [-0.1, -0.05) is 12.1 Å². The molecule has 0 heterocycles. The van der Waals surface area contributed by atoms with Crippen LogP contribution in [0.1, 0.15) is 18.9 Å². The topological polar surface area (TPSA) is 47.3 Å². The summed E-state index contributed by atoms with van der Waals surface area (Å²) in [5.74, 6) is 0.897. The second kappa shape index (κ2) is 6.43. The fraction of sp³-hybridized carbons (Fsp3) is 0.500. The third-order valence-electron chi connectivity index (χ3n) is 2.41. The third kappa shape index (κ3) is 4.32. The van der Waals surface area contributed by atoms with E-state index in [2.05, 4.69) is 24.4 Å². The van der Waals surface area contributed by atoms with Gasteiger partial charge >= 0.3 is 0 Å². The summed E-state index contributed by atoms with van der Waals surface area (Å²) >= 11 is 0. The van der Waals surface area contributed by atoms with E-state index in [1.54, 1.807) is 7.11 Å². The SMILES string of the molecule is COc1ccc(CNC(C)CCN)cc1. The van der Waals surface area contributed by atoms with Gasteiger partial charge in [0, 0.05) is 12.6 Å². The highest BCUT2D eigenvalue weighted by Gasteiger charge is 1.99. The largest absolute Gasteiger partial charge is 0.497 e. The average Bonchev–Trinajstić information content (AvgIpc) is 2.27. The van der Waals surface area contributed by atoms with Crippen molar-refractivity contribution in [2.45, 2.75) is 25.9 Å². The maximum Gasteiger partial charge on any atom is 0.118 e. The molecule has 1 rings (SSSR count). The predicted molar refractivity (Wildman–Crippen MR) is 63.0 cm³/mol. The van der Waals surface area contributed by atoms with Gasteiger partial charge in [-0.2, -0.15) is 0 Å². The number of benzene rings is 1. The van der Waals surface area contributed by atoms with Gasteiger partial charge < -0.3 is 15.8 Å². The zero-order chi connectivity index (χ0) is 11.1. The molecule has 0 amide bonds. The van der Waals surface area contributed by atoms with Crippen LogP contribution in [-0.2, 0) is 6.54 Å². The van der Waals surface area contributed by atoms with Crippen LogP contribution in [0.25, 0.3) is 0 Å². The van der Waals surface area contributed by atoms with Crippen LogP contribution < -0.4 is 15.8 Å². The zero-order valence-corrected chi connectivity index (χ0v) is 9.49. The van der Waals surface area contributed by atoms with Crippen molar-refractivity contribution < 1.29 is 4.74 Å². The molecule has 0 radical (unpaired) electrons. The monoisotopic (exact) mass is 208 g/mol. The Morgan fingerprint density at radius 2 is 2.00 bits per heavy atom. The van der Waals surface area contributed by atoms with Gasteiger partial charge in [-0.3, -0.25) is 0 Å². The molecule has 3 N–H and O–H groups in total. The van der Waals surface area contributed by atoms with E-state index in [1.165, 1.54) is 5.56 Å². The van der Waals surface area contributed by atoms with Crippen molar-refractivity contribution >= 4 is 0 Å². The summed E-state index contributed by atoms with van der Waals surface area (Å²) in [5.41, 5.74) is 6.74. The molecule has 0 saturated heterocycles. The standard InChI is InChI=1S/C12H20N2O/c1-10(7-8-13)14-9-11-3-5-12(15-2)6-4-11/h3-6,10,14H,7-9,13H2,1-2H3. The Balaban J connectivity index is 2.37. The summed E-state index contributed by atoms with van der Waals surface area (Å²) in [6, 6.07) is 8.56. The average molecular weight is 208 g/mol. The number of nitrogens with two attached hydrogens (primary N) is 1. The van der Waals surface area contributed by atoms with Gasteiger partial charge in [0.05, 0.1) is 7.11 Å². The first kappa shape index (κ1) is 12.0. The molecule has 0 saturated carbocycles. The van der Waals surface area contributed by atoms with Crippen molar-refractivity contribution in [1.82, 2.24) is 5.32 Å². The Labute approximate surface area is 91.6 Å². The van der Waals surface area contributed by atoms with Crippen molar-refractivity contribution in [1.29, 1.82) is 0 Å². The molecule has 0 aliphatic carbocycles. The minimum Gasteiger partial charge on any atom is -0.497 e. The van der Waals surface area contributed by atoms with E-state index < -0.39 is 0 Å². The maximum atomic E-state index is 5.48. The van der Waals surface area contributed by atoms with E-state index in [4.69, 9.17) is 10.5 Å². The normalized spacial score (nSPS) is 12.5. The molecular formula is C12H20N2O. The molecule has 0 fully saturated rings. The number of ether oxygens (including phenoxy) is 1. The minimum absolute atomic E-state index is 0.470. The Morgan fingerprint density at radius 1 is 1.33 bits per heavy atom. The maximum absolute atomic E-state index is 5.48. The van der Waals surface area contributed by atoms with Crippen LogP contribution in [0, 0.1) is 0 Å². The Kier molecular flexibility index (Phi) is 5.15. The van der Waals surface area contributed by atoms with Crippen molar-refractivity contribution in [3.8, 4) is 5.75 Å². The highest BCUT2D eigenvalue weighted by molar-refractivity contribution is 5.26. The molecule has 0 bridgehead atoms. The van der Waals surface area contributed by atoms with Crippen LogP contribution in [0.4, 0.5) is 0 Å². The molecule has 3 heteroatoms. The number of rotatable bonds is 6. The van der Waals surface area contributed by atoms with Crippen LogP contribution in [0.3, 0.4) is 0 Å². The molecule has 1 aromatic rings. The molecule has 1 aromatic carbocycles. The second-order valence-electron chi connectivity index (χ2n) is 3.71. The Bertz CT molecular complexity index is 271. The third-order valence-corrected chi connectivity index (χ3v) is 2.41. The summed E-state index contributed by atoms with van der Waals surface area (Å²) in [6.07, 6.45) is 1.01. The van der Waals surface area contributed by atoms with E-state index in [-0.39, 0.29) is 0 Å². The predicted octanol–water partition coefficient (Wildman–Crippen LogP) is 1.52. The van der Waals surface area contributed by atoms with E-state index in [1.807, 2.05) is 12.1 Å². The fourth-order valence-corrected chi connectivity index (χ4v) is 1.39. The molecule has 0 aromatic heterocycles. The summed E-state index contributed by atoms with van der Waals surface area (Å²) in [4.78, 5) is 0. The van der Waals surface area contributed by atoms with Crippen molar-refractivity contribution in [2.75, 3.05) is 13.7 Å². The summed E-state index contributed by atoms with van der Waals surface area (Å²) in [7, 11) is 1.68. The number of hydrogen-bond acceptors (Lipinski definition) is 3. The molecule has 3 nitrogen and oxygen atoms in total. The van der Waals surface area contributed by atoms with Gasteiger partial charge in [0.15, 0.2) is 0 Å². The highest BCUT2D eigenvalue weighted by Crippen LogP contribution is 2.11. The first-order chi connectivity index (χ1) is 7.26. The molecule has 1 unspecified atom stereocenters. The zero-order valence-electron chi connectivity index (χ0n) is 9.49. The van der Waals surface area contributed by atoms with Crippen LogP contribution in [0.5, 0.6) is 5.75 Å². The molecule has 0 aliphatic rings. The van der Waals surface area contributed by atoms with Crippen LogP contribution >= 0.6 is 0 Å². The lowest BCUT2D eigenvalue weighted by atomic mass is 10.2. The van der Waals surface area contributed by atoms with Gasteiger partial charge in [-0.05, 0) is 37.6 Å². The van der Waals surface area contributed by atoms with E-state index in [9.17, 15) is 0 Å². The lowest BCUT2D eigenvalue weighted by Gasteiger charge is -2.12. The first-order valence-corrected chi connectivity index (χ1v) is 5.32. The smallest absolute Gasteiger partial charge is 0.118 e. The molecule has 15 heavy (non-hydrogen) atoms. The van der Waals surface area contributed by atoms with Crippen molar-refractivity contribution in [3.05, 3.63) is 29.8 Å². The highest BCUT2D eigenvalue weighted by atomic mass is 16.5. The van der Waals surface area contributed by atoms with Crippen molar-refractivity contribution in [3.63, 3.8) is 0 Å². The first-order valence-electron chi connectivity index (χ1n) is 5.32. The number of nitrogens with one attached hydrogen (secondary N) is 1. The minimum atomic E-state index is 0.470. The quantitative estimate of drug-likeness (QED) is 0.745. The molecule has 0 spiro atoms. The van der Waals surface area contributed by atoms with Crippen molar-refractivity contribution in [2.24, 2.45) is 5.73 Å². The Morgan fingerprint density at radius 3 is 2.53 bits per heavy atom. The summed E-state index contributed by atoms with van der Waals surface area (Å²) in [6.45, 7) is 3.76. The van der Waals surface area contributed by atoms with Gasteiger partial charge in [-0.15, -0.1) is 0 Å². The van der Waals surface area contributed by atoms with Gasteiger partial charge in [0.2, 0.25) is 0 Å². The molecule has 84 valence electrons. The van der Waals surface area contributed by atoms with E-state index >= 15 is 0 Å². The van der Waals surface area contributed by atoms with Gasteiger partial charge in [-0.25, -0.2) is 0 Å². The van der Waals surface area contributed by atoms with Gasteiger partial charge in [0.1, 0.15) is 5.75 Å².